The van der Waals surface area contributed by atoms with Crippen molar-refractivity contribution >= 4 is 23.1 Å². The molecular formula is C16H25N3OS. The minimum absolute atomic E-state index is 0.0163. The summed E-state index contributed by atoms with van der Waals surface area (Å²) in [4.78, 5) is 19.0. The molecule has 1 aromatic rings. The van der Waals surface area contributed by atoms with Crippen LogP contribution in [-0.4, -0.2) is 27.8 Å². The number of nitrogens with zero attached hydrogens (tertiary/aromatic N) is 2. The van der Waals surface area contributed by atoms with Crippen LogP contribution in [0.1, 0.15) is 45.1 Å². The molecule has 0 radical (unpaired) electrons. The Balaban J connectivity index is 2.96. The monoisotopic (exact) mass is 307 g/mol. The highest BCUT2D eigenvalue weighted by Gasteiger charge is 2.41. The van der Waals surface area contributed by atoms with Gasteiger partial charge in [-0.3, -0.25) is 9.78 Å². The van der Waals surface area contributed by atoms with E-state index in [2.05, 4.69) is 18.8 Å². The molecule has 0 atom stereocenters. The summed E-state index contributed by atoms with van der Waals surface area (Å²) >= 11 is 5.24. The molecule has 4 nitrogen and oxygen atoms in total. The molecule has 2 N–H and O–H groups in total. The number of nitrogens with two attached hydrogens (primary N) is 1. The van der Waals surface area contributed by atoms with Crippen molar-refractivity contribution in [3.05, 3.63) is 30.1 Å². The summed E-state index contributed by atoms with van der Waals surface area (Å²) in [5.41, 5.74) is 6.23. The van der Waals surface area contributed by atoms with Crippen LogP contribution in [0.2, 0.25) is 0 Å². The molecule has 0 unspecified atom stereocenters. The molecule has 0 aliphatic carbocycles. The summed E-state index contributed by atoms with van der Waals surface area (Å²) in [5.74, 6) is 0.0163. The van der Waals surface area contributed by atoms with Gasteiger partial charge in [-0.25, -0.2) is 0 Å². The third kappa shape index (κ3) is 4.24. The zero-order valence-electron chi connectivity index (χ0n) is 13.1. The Labute approximate surface area is 132 Å². The van der Waals surface area contributed by atoms with Gasteiger partial charge in [0.05, 0.1) is 10.4 Å². The average molecular weight is 307 g/mol. The number of carbonyl (C=O) groups excluding carboxylic acids is 1. The Morgan fingerprint density at radius 3 is 2.43 bits per heavy atom. The number of hydrogen-bond donors (Lipinski definition) is 1. The van der Waals surface area contributed by atoms with Crippen molar-refractivity contribution in [3.63, 3.8) is 0 Å². The standard InChI is InChI=1S/C16H25N3OS/c1-4-8-16(9-5-2,14(17)21)15(20)19(3)12-13-7-6-10-18-11-13/h6-7,10-11H,4-5,8-9,12H2,1-3H3,(H2,17,21). The van der Waals surface area contributed by atoms with E-state index < -0.39 is 5.41 Å². The van der Waals surface area contributed by atoms with E-state index in [1.165, 1.54) is 0 Å². The SMILES string of the molecule is CCCC(CCC)(C(=O)N(C)Cc1cccnc1)C(N)=S. The van der Waals surface area contributed by atoms with Gasteiger partial charge in [-0.05, 0) is 24.5 Å². The number of carbonyl (C=O) groups is 1. The maximum atomic E-state index is 12.9. The topological polar surface area (TPSA) is 59.2 Å². The number of rotatable bonds is 8. The molecule has 1 aromatic heterocycles. The van der Waals surface area contributed by atoms with Gasteiger partial charge < -0.3 is 10.6 Å². The highest BCUT2D eigenvalue weighted by molar-refractivity contribution is 7.80. The van der Waals surface area contributed by atoms with Crippen LogP contribution >= 0.6 is 12.2 Å². The molecule has 0 saturated carbocycles. The lowest BCUT2D eigenvalue weighted by atomic mass is 9.77. The quantitative estimate of drug-likeness (QED) is 0.750. The highest BCUT2D eigenvalue weighted by atomic mass is 32.1. The van der Waals surface area contributed by atoms with Crippen molar-refractivity contribution in [1.29, 1.82) is 0 Å². The first-order chi connectivity index (χ1) is 9.97. The molecular weight excluding hydrogens is 282 g/mol. The molecule has 0 spiro atoms. The van der Waals surface area contributed by atoms with Crippen LogP contribution in [-0.2, 0) is 11.3 Å². The second-order valence-corrected chi connectivity index (χ2v) is 5.91. The molecule has 0 aromatic carbocycles. The average Bonchev–Trinajstić information content (AvgIpc) is 2.46. The number of amides is 1. The largest absolute Gasteiger partial charge is 0.392 e. The van der Waals surface area contributed by atoms with Gasteiger partial charge in [0, 0.05) is 26.0 Å². The number of pyridine rings is 1. The van der Waals surface area contributed by atoms with Crippen molar-refractivity contribution in [2.45, 2.75) is 46.1 Å². The van der Waals surface area contributed by atoms with E-state index >= 15 is 0 Å². The summed E-state index contributed by atoms with van der Waals surface area (Å²) < 4.78 is 0. The van der Waals surface area contributed by atoms with Gasteiger partial charge in [0.15, 0.2) is 0 Å². The smallest absolute Gasteiger partial charge is 0.235 e. The van der Waals surface area contributed by atoms with Crippen molar-refractivity contribution in [1.82, 2.24) is 9.88 Å². The van der Waals surface area contributed by atoms with Crippen LogP contribution < -0.4 is 5.73 Å². The van der Waals surface area contributed by atoms with E-state index in [0.717, 1.165) is 18.4 Å². The molecule has 5 heteroatoms. The zero-order chi connectivity index (χ0) is 15.9. The Morgan fingerprint density at radius 1 is 1.38 bits per heavy atom. The molecule has 0 aliphatic rings. The molecule has 1 rings (SSSR count). The predicted molar refractivity (Wildman–Crippen MR) is 89.7 cm³/mol. The van der Waals surface area contributed by atoms with Gasteiger partial charge >= 0.3 is 0 Å². The molecule has 21 heavy (non-hydrogen) atoms. The van der Waals surface area contributed by atoms with E-state index in [9.17, 15) is 4.79 Å². The van der Waals surface area contributed by atoms with Crippen molar-refractivity contribution in [2.75, 3.05) is 7.05 Å². The Bertz CT molecular complexity index is 470. The lowest BCUT2D eigenvalue weighted by Crippen LogP contribution is -2.49. The van der Waals surface area contributed by atoms with Crippen LogP contribution in [0, 0.1) is 5.41 Å². The van der Waals surface area contributed by atoms with Crippen LogP contribution in [0.25, 0.3) is 0 Å². The fourth-order valence-electron chi connectivity index (χ4n) is 2.75. The lowest BCUT2D eigenvalue weighted by molar-refractivity contribution is -0.138. The summed E-state index contributed by atoms with van der Waals surface area (Å²) in [6.45, 7) is 4.62. The third-order valence-electron chi connectivity index (χ3n) is 3.72. The highest BCUT2D eigenvalue weighted by Crippen LogP contribution is 2.33. The molecule has 0 aliphatic heterocycles. The van der Waals surface area contributed by atoms with E-state index in [1.807, 2.05) is 12.1 Å². The molecule has 0 saturated heterocycles. The van der Waals surface area contributed by atoms with Gasteiger partial charge in [0.1, 0.15) is 0 Å². The van der Waals surface area contributed by atoms with Crippen molar-refractivity contribution in [3.8, 4) is 0 Å². The fraction of sp³-hybridized carbons (Fsp3) is 0.562. The van der Waals surface area contributed by atoms with Gasteiger partial charge in [-0.2, -0.15) is 0 Å². The normalized spacial score (nSPS) is 11.2. The lowest BCUT2D eigenvalue weighted by Gasteiger charge is -2.35. The van der Waals surface area contributed by atoms with Crippen LogP contribution in [0.3, 0.4) is 0 Å². The van der Waals surface area contributed by atoms with Crippen LogP contribution in [0.5, 0.6) is 0 Å². The van der Waals surface area contributed by atoms with Gasteiger partial charge in [0.25, 0.3) is 0 Å². The summed E-state index contributed by atoms with van der Waals surface area (Å²) in [6.07, 6.45) is 6.65. The first-order valence-electron chi connectivity index (χ1n) is 7.42. The van der Waals surface area contributed by atoms with E-state index in [4.69, 9.17) is 18.0 Å². The number of aromatic nitrogens is 1. The van der Waals surface area contributed by atoms with Gasteiger partial charge in [-0.1, -0.05) is 45.0 Å². The number of thiocarbonyl (C=S) groups is 1. The summed E-state index contributed by atoms with van der Waals surface area (Å²) in [5, 5.41) is 0. The predicted octanol–water partition coefficient (Wildman–Crippen LogP) is 2.91. The van der Waals surface area contributed by atoms with Crippen molar-refractivity contribution < 1.29 is 4.79 Å². The fourth-order valence-corrected chi connectivity index (χ4v) is 3.04. The minimum Gasteiger partial charge on any atom is -0.392 e. The Hall–Kier alpha value is -1.49. The molecule has 116 valence electrons. The van der Waals surface area contributed by atoms with E-state index in [0.29, 0.717) is 24.4 Å². The second kappa shape index (κ2) is 8.08. The van der Waals surface area contributed by atoms with Crippen LogP contribution in [0.4, 0.5) is 0 Å². The maximum Gasteiger partial charge on any atom is 0.235 e. The molecule has 0 fully saturated rings. The van der Waals surface area contributed by atoms with Gasteiger partial charge in [0.2, 0.25) is 5.91 Å². The second-order valence-electron chi connectivity index (χ2n) is 5.47. The first-order valence-corrected chi connectivity index (χ1v) is 7.83. The minimum atomic E-state index is -0.713. The molecule has 1 amide bonds. The maximum absolute atomic E-state index is 12.9. The molecule has 0 bridgehead atoms. The summed E-state index contributed by atoms with van der Waals surface area (Å²) in [7, 11) is 1.80. The van der Waals surface area contributed by atoms with Crippen molar-refractivity contribution in [2.24, 2.45) is 11.1 Å². The third-order valence-corrected chi connectivity index (χ3v) is 4.11. The first kappa shape index (κ1) is 17.6. The number of hydrogen-bond acceptors (Lipinski definition) is 3. The Kier molecular flexibility index (Phi) is 6.75. The van der Waals surface area contributed by atoms with E-state index in [1.54, 1.807) is 24.3 Å². The summed E-state index contributed by atoms with van der Waals surface area (Å²) in [6, 6.07) is 3.82. The Morgan fingerprint density at radius 2 is 2.00 bits per heavy atom. The van der Waals surface area contributed by atoms with Gasteiger partial charge in [-0.15, -0.1) is 0 Å². The van der Waals surface area contributed by atoms with Crippen LogP contribution in [0.15, 0.2) is 24.5 Å². The molecule has 1 heterocycles. The van der Waals surface area contributed by atoms with E-state index in [-0.39, 0.29) is 5.91 Å². The zero-order valence-corrected chi connectivity index (χ0v) is 13.9.